The molecule has 0 fully saturated rings. The second kappa shape index (κ2) is 7.05. The molecule has 6 heteroatoms. The molecule has 3 aromatic heterocycles. The molecule has 0 saturated carbocycles. The SMILES string of the molecule is C[Si](C)(C)CCOCn1cc(-c2cccnc2)c2ccc(Cl)nc21. The third kappa shape index (κ3) is 4.04. The van der Waals surface area contributed by atoms with Gasteiger partial charge >= 0.3 is 0 Å². The summed E-state index contributed by atoms with van der Waals surface area (Å²) < 4.78 is 7.91. The first-order valence-electron chi connectivity index (χ1n) is 8.07. The van der Waals surface area contributed by atoms with Crippen LogP contribution in [0.15, 0.2) is 42.9 Å². The van der Waals surface area contributed by atoms with Gasteiger partial charge in [-0.15, -0.1) is 0 Å². The standard InChI is InChI=1S/C18H22ClN3OSi/c1-24(2,3)10-9-23-13-22-12-16(14-5-4-8-20-11-14)15-6-7-17(19)21-18(15)22/h4-8,11-12H,9-10,13H2,1-3H3. The van der Waals surface area contributed by atoms with Crippen molar-refractivity contribution in [1.29, 1.82) is 0 Å². The van der Waals surface area contributed by atoms with E-state index in [4.69, 9.17) is 16.3 Å². The Balaban J connectivity index is 1.89. The fourth-order valence-corrected chi connectivity index (χ4v) is 3.43. The predicted octanol–water partition coefficient (Wildman–Crippen LogP) is 5.06. The third-order valence-corrected chi connectivity index (χ3v) is 5.80. The van der Waals surface area contributed by atoms with Gasteiger partial charge in [-0.3, -0.25) is 4.98 Å². The first-order chi connectivity index (χ1) is 11.4. The number of aromatic nitrogens is 3. The number of ether oxygens (including phenoxy) is 1. The van der Waals surface area contributed by atoms with Gasteiger partial charge in [0.05, 0.1) is 0 Å². The van der Waals surface area contributed by atoms with Gasteiger partial charge in [-0.05, 0) is 24.2 Å². The zero-order chi connectivity index (χ0) is 17.2. The number of halogens is 1. The lowest BCUT2D eigenvalue weighted by atomic mass is 10.1. The molecule has 0 aliphatic carbocycles. The molecule has 0 N–H and O–H groups in total. The molecule has 0 saturated heterocycles. The van der Waals surface area contributed by atoms with Crippen molar-refractivity contribution in [3.8, 4) is 11.1 Å². The fraction of sp³-hybridized carbons (Fsp3) is 0.333. The minimum absolute atomic E-state index is 0.481. The minimum Gasteiger partial charge on any atom is -0.361 e. The van der Waals surface area contributed by atoms with Crippen molar-refractivity contribution >= 4 is 30.7 Å². The molecule has 4 nitrogen and oxygen atoms in total. The van der Waals surface area contributed by atoms with E-state index in [2.05, 4.69) is 35.8 Å². The lowest BCUT2D eigenvalue weighted by Gasteiger charge is -2.15. The van der Waals surface area contributed by atoms with Crippen LogP contribution in [-0.4, -0.2) is 29.2 Å². The Bertz CT molecular complexity index is 827. The summed E-state index contributed by atoms with van der Waals surface area (Å²) >= 11 is 6.10. The van der Waals surface area contributed by atoms with Crippen molar-refractivity contribution in [2.24, 2.45) is 0 Å². The molecule has 126 valence electrons. The Kier molecular flexibility index (Phi) is 5.03. The van der Waals surface area contributed by atoms with Crippen LogP contribution in [0.4, 0.5) is 0 Å². The second-order valence-corrected chi connectivity index (χ2v) is 13.1. The smallest absolute Gasteiger partial charge is 0.144 e. The van der Waals surface area contributed by atoms with Gasteiger partial charge in [-0.25, -0.2) is 4.98 Å². The Morgan fingerprint density at radius 1 is 1.21 bits per heavy atom. The van der Waals surface area contributed by atoms with Gasteiger partial charge in [-0.2, -0.15) is 0 Å². The van der Waals surface area contributed by atoms with Gasteiger partial charge < -0.3 is 9.30 Å². The van der Waals surface area contributed by atoms with Crippen LogP contribution in [0.25, 0.3) is 22.2 Å². The summed E-state index contributed by atoms with van der Waals surface area (Å²) in [7, 11) is -1.08. The first-order valence-corrected chi connectivity index (χ1v) is 12.2. The number of nitrogens with zero attached hydrogens (tertiary/aromatic N) is 3. The molecule has 0 radical (unpaired) electrons. The quantitative estimate of drug-likeness (QED) is 0.350. The van der Waals surface area contributed by atoms with Crippen LogP contribution in [0.5, 0.6) is 0 Å². The van der Waals surface area contributed by atoms with Gasteiger partial charge in [-0.1, -0.05) is 37.3 Å². The van der Waals surface area contributed by atoms with E-state index in [0.29, 0.717) is 11.9 Å². The van der Waals surface area contributed by atoms with E-state index >= 15 is 0 Å². The lowest BCUT2D eigenvalue weighted by Crippen LogP contribution is -2.22. The van der Waals surface area contributed by atoms with Crippen molar-refractivity contribution in [2.45, 2.75) is 32.4 Å². The van der Waals surface area contributed by atoms with Crippen molar-refractivity contribution in [1.82, 2.24) is 14.5 Å². The molecule has 0 bridgehead atoms. The van der Waals surface area contributed by atoms with Crippen LogP contribution in [-0.2, 0) is 11.5 Å². The Hall–Kier alpha value is -1.69. The fourth-order valence-electron chi connectivity index (χ4n) is 2.53. The molecule has 0 aliphatic rings. The summed E-state index contributed by atoms with van der Waals surface area (Å²) in [5, 5.41) is 1.54. The maximum atomic E-state index is 6.10. The highest BCUT2D eigenvalue weighted by Crippen LogP contribution is 2.30. The zero-order valence-corrected chi connectivity index (χ0v) is 16.0. The lowest BCUT2D eigenvalue weighted by molar-refractivity contribution is 0.0899. The molecule has 0 spiro atoms. The topological polar surface area (TPSA) is 39.9 Å². The molecule has 0 aliphatic heterocycles. The Morgan fingerprint density at radius 2 is 2.04 bits per heavy atom. The van der Waals surface area contributed by atoms with Crippen LogP contribution in [0, 0.1) is 0 Å². The highest BCUT2D eigenvalue weighted by atomic mass is 35.5. The molecule has 0 atom stereocenters. The molecule has 3 rings (SSSR count). The van der Waals surface area contributed by atoms with Crippen LogP contribution >= 0.6 is 11.6 Å². The van der Waals surface area contributed by atoms with Crippen LogP contribution in [0.3, 0.4) is 0 Å². The summed E-state index contributed by atoms with van der Waals surface area (Å²) in [5.74, 6) is 0. The average Bonchev–Trinajstić information content (AvgIpc) is 2.89. The van der Waals surface area contributed by atoms with E-state index in [1.54, 1.807) is 6.20 Å². The molecular weight excluding hydrogens is 338 g/mol. The molecular formula is C18H22ClN3OSi. The maximum absolute atomic E-state index is 6.10. The molecule has 3 heterocycles. The number of pyridine rings is 2. The van der Waals surface area contributed by atoms with Crippen molar-refractivity contribution in [3.05, 3.63) is 48.0 Å². The van der Waals surface area contributed by atoms with E-state index < -0.39 is 8.07 Å². The highest BCUT2D eigenvalue weighted by molar-refractivity contribution is 6.76. The number of fused-ring (bicyclic) bond motifs is 1. The molecule has 0 unspecified atom stereocenters. The molecule has 24 heavy (non-hydrogen) atoms. The van der Waals surface area contributed by atoms with E-state index in [1.165, 1.54) is 0 Å². The maximum Gasteiger partial charge on any atom is 0.144 e. The third-order valence-electron chi connectivity index (χ3n) is 3.89. The monoisotopic (exact) mass is 359 g/mol. The van der Waals surface area contributed by atoms with Crippen molar-refractivity contribution in [2.75, 3.05) is 6.61 Å². The Morgan fingerprint density at radius 3 is 2.75 bits per heavy atom. The van der Waals surface area contributed by atoms with Gasteiger partial charge in [0.25, 0.3) is 0 Å². The molecule has 3 aromatic rings. The normalized spacial score (nSPS) is 12.0. The minimum atomic E-state index is -1.08. The van der Waals surface area contributed by atoms with E-state index in [9.17, 15) is 0 Å². The highest BCUT2D eigenvalue weighted by Gasteiger charge is 2.14. The first kappa shape index (κ1) is 17.1. The summed E-state index contributed by atoms with van der Waals surface area (Å²) in [6.07, 6.45) is 5.70. The van der Waals surface area contributed by atoms with Gasteiger partial charge in [0.1, 0.15) is 17.5 Å². The molecule has 0 aromatic carbocycles. The van der Waals surface area contributed by atoms with Crippen LogP contribution < -0.4 is 0 Å². The average molecular weight is 360 g/mol. The van der Waals surface area contributed by atoms with Gasteiger partial charge in [0.2, 0.25) is 0 Å². The predicted molar refractivity (Wildman–Crippen MR) is 102 cm³/mol. The number of hydrogen-bond donors (Lipinski definition) is 0. The van der Waals surface area contributed by atoms with E-state index in [1.807, 2.05) is 35.0 Å². The van der Waals surface area contributed by atoms with E-state index in [-0.39, 0.29) is 0 Å². The molecule has 0 amide bonds. The van der Waals surface area contributed by atoms with Crippen LogP contribution in [0.2, 0.25) is 30.8 Å². The Labute approximate surface area is 148 Å². The zero-order valence-electron chi connectivity index (χ0n) is 14.3. The second-order valence-electron chi connectivity index (χ2n) is 7.11. The summed E-state index contributed by atoms with van der Waals surface area (Å²) in [6, 6.07) is 8.96. The van der Waals surface area contributed by atoms with Gasteiger partial charge in [0.15, 0.2) is 0 Å². The van der Waals surface area contributed by atoms with Crippen molar-refractivity contribution in [3.63, 3.8) is 0 Å². The van der Waals surface area contributed by atoms with E-state index in [0.717, 1.165) is 34.8 Å². The van der Waals surface area contributed by atoms with Crippen molar-refractivity contribution < 1.29 is 4.74 Å². The number of hydrogen-bond acceptors (Lipinski definition) is 3. The van der Waals surface area contributed by atoms with Crippen LogP contribution in [0.1, 0.15) is 0 Å². The summed E-state index contributed by atoms with van der Waals surface area (Å²) in [5.41, 5.74) is 3.00. The van der Waals surface area contributed by atoms with Gasteiger partial charge in [0, 0.05) is 49.8 Å². The summed E-state index contributed by atoms with van der Waals surface area (Å²) in [4.78, 5) is 8.70. The largest absolute Gasteiger partial charge is 0.361 e. The summed E-state index contributed by atoms with van der Waals surface area (Å²) in [6.45, 7) is 8.31. The number of rotatable bonds is 6.